The van der Waals surface area contributed by atoms with E-state index in [0.29, 0.717) is 22.9 Å². The normalized spacial score (nSPS) is 10.4. The number of hydrogen-bond donors (Lipinski definition) is 2. The minimum atomic E-state index is -0.279. The molecule has 0 bridgehead atoms. The van der Waals surface area contributed by atoms with Crippen LogP contribution in [0.4, 0.5) is 11.4 Å². The summed E-state index contributed by atoms with van der Waals surface area (Å²) in [7, 11) is 0. The Hall–Kier alpha value is -2.63. The highest BCUT2D eigenvalue weighted by atomic mass is 16.2. The largest absolute Gasteiger partial charge is 0.399 e. The van der Waals surface area contributed by atoms with E-state index in [1.807, 2.05) is 6.92 Å². The third kappa shape index (κ3) is 3.47. The molecular weight excluding hydrogens is 268 g/mol. The molecule has 0 aliphatic rings. The average molecular weight is 286 g/mol. The first-order valence-electron chi connectivity index (χ1n) is 6.58. The number of carbonyl (C=O) groups is 1. The zero-order valence-electron chi connectivity index (χ0n) is 12.3. The number of aryl methyl sites for hydroxylation is 3. The van der Waals surface area contributed by atoms with Crippen molar-refractivity contribution in [3.63, 3.8) is 0 Å². The fourth-order valence-electron chi connectivity index (χ4n) is 2.12. The molecule has 6 nitrogen and oxygen atoms in total. The topological polar surface area (TPSA) is 90.0 Å². The summed E-state index contributed by atoms with van der Waals surface area (Å²) >= 11 is 0. The van der Waals surface area contributed by atoms with Crippen LogP contribution >= 0.6 is 0 Å². The smallest absolute Gasteiger partial charge is 0.254 e. The molecule has 3 N–H and O–H groups in total. The number of rotatable bonds is 3. The van der Waals surface area contributed by atoms with E-state index >= 15 is 0 Å². The van der Waals surface area contributed by atoms with Gasteiger partial charge in [0.2, 0.25) is 5.91 Å². The number of benzene rings is 1. The molecule has 0 radical (unpaired) electrons. The summed E-state index contributed by atoms with van der Waals surface area (Å²) in [6, 6.07) is 6.65. The van der Waals surface area contributed by atoms with Gasteiger partial charge in [0.15, 0.2) is 0 Å². The van der Waals surface area contributed by atoms with E-state index in [1.165, 1.54) is 10.6 Å². The maximum absolute atomic E-state index is 12.1. The molecule has 0 atom stereocenters. The predicted molar refractivity (Wildman–Crippen MR) is 82.2 cm³/mol. The Morgan fingerprint density at radius 3 is 2.62 bits per heavy atom. The Balaban J connectivity index is 2.18. The van der Waals surface area contributed by atoms with Crippen molar-refractivity contribution in [2.75, 3.05) is 11.1 Å². The van der Waals surface area contributed by atoms with Crippen molar-refractivity contribution in [2.24, 2.45) is 0 Å². The van der Waals surface area contributed by atoms with Crippen LogP contribution in [-0.4, -0.2) is 15.5 Å². The molecule has 110 valence electrons. The molecule has 1 heterocycles. The fraction of sp³-hybridized carbons (Fsp3) is 0.267. The number of nitrogen functional groups attached to an aromatic ring is 1. The van der Waals surface area contributed by atoms with Crippen molar-refractivity contribution in [1.29, 1.82) is 0 Å². The zero-order valence-corrected chi connectivity index (χ0v) is 12.3. The lowest BCUT2D eigenvalue weighted by Crippen LogP contribution is -2.30. The van der Waals surface area contributed by atoms with E-state index in [1.54, 1.807) is 32.0 Å². The second-order valence-corrected chi connectivity index (χ2v) is 4.99. The molecule has 0 aliphatic heterocycles. The van der Waals surface area contributed by atoms with Crippen LogP contribution in [-0.2, 0) is 11.3 Å². The molecule has 2 rings (SSSR count). The number of carbonyl (C=O) groups excluding carboxylic acids is 1. The van der Waals surface area contributed by atoms with Crippen LogP contribution in [0.2, 0.25) is 0 Å². The average Bonchev–Trinajstić information content (AvgIpc) is 2.37. The van der Waals surface area contributed by atoms with E-state index in [-0.39, 0.29) is 18.0 Å². The van der Waals surface area contributed by atoms with Gasteiger partial charge in [-0.2, -0.15) is 0 Å². The van der Waals surface area contributed by atoms with Crippen molar-refractivity contribution in [3.8, 4) is 0 Å². The lowest BCUT2D eigenvalue weighted by atomic mass is 10.2. The first kappa shape index (κ1) is 14.8. The van der Waals surface area contributed by atoms with Gasteiger partial charge in [0.1, 0.15) is 12.4 Å². The maximum atomic E-state index is 12.1. The number of hydrogen-bond acceptors (Lipinski definition) is 4. The molecule has 0 fully saturated rings. The van der Waals surface area contributed by atoms with Gasteiger partial charge < -0.3 is 11.1 Å². The Labute approximate surface area is 122 Å². The van der Waals surface area contributed by atoms with Crippen LogP contribution < -0.4 is 16.6 Å². The maximum Gasteiger partial charge on any atom is 0.254 e. The predicted octanol–water partition coefficient (Wildman–Crippen LogP) is 1.39. The summed E-state index contributed by atoms with van der Waals surface area (Å²) in [5.41, 5.74) is 8.27. The molecule has 1 aromatic carbocycles. The van der Waals surface area contributed by atoms with Gasteiger partial charge in [0, 0.05) is 23.1 Å². The highest BCUT2D eigenvalue weighted by Gasteiger charge is 2.10. The number of nitrogens with one attached hydrogen (secondary N) is 1. The Kier molecular flexibility index (Phi) is 4.07. The molecule has 0 saturated heterocycles. The van der Waals surface area contributed by atoms with Crippen molar-refractivity contribution >= 4 is 17.3 Å². The minimum absolute atomic E-state index is 0.0677. The van der Waals surface area contributed by atoms with Crippen LogP contribution in [0.1, 0.15) is 17.1 Å². The van der Waals surface area contributed by atoms with Gasteiger partial charge in [-0.15, -0.1) is 0 Å². The number of amides is 1. The van der Waals surface area contributed by atoms with Crippen molar-refractivity contribution in [3.05, 3.63) is 51.7 Å². The number of aromatic nitrogens is 2. The van der Waals surface area contributed by atoms with Crippen LogP contribution in [0.3, 0.4) is 0 Å². The first-order valence-corrected chi connectivity index (χ1v) is 6.58. The molecular formula is C15H18N4O2. The van der Waals surface area contributed by atoms with Gasteiger partial charge in [-0.05, 0) is 44.5 Å². The molecule has 0 saturated carbocycles. The quantitative estimate of drug-likeness (QED) is 0.834. The monoisotopic (exact) mass is 286 g/mol. The van der Waals surface area contributed by atoms with E-state index in [0.717, 1.165) is 5.56 Å². The summed E-state index contributed by atoms with van der Waals surface area (Å²) < 4.78 is 1.34. The number of nitrogens with zero attached hydrogens (tertiary/aromatic N) is 2. The minimum Gasteiger partial charge on any atom is -0.399 e. The van der Waals surface area contributed by atoms with E-state index in [4.69, 9.17) is 5.73 Å². The summed E-state index contributed by atoms with van der Waals surface area (Å²) in [5, 5.41) is 2.77. The number of anilines is 2. The highest BCUT2D eigenvalue weighted by molar-refractivity contribution is 5.91. The Morgan fingerprint density at radius 1 is 1.29 bits per heavy atom. The van der Waals surface area contributed by atoms with Crippen molar-refractivity contribution < 1.29 is 4.79 Å². The van der Waals surface area contributed by atoms with Gasteiger partial charge in [0.05, 0.1) is 0 Å². The molecule has 0 unspecified atom stereocenters. The Bertz CT molecular complexity index is 750. The fourth-order valence-corrected chi connectivity index (χ4v) is 2.12. The molecule has 0 spiro atoms. The molecule has 2 aromatic rings. The molecule has 1 aromatic heterocycles. The summed E-state index contributed by atoms with van der Waals surface area (Å²) in [6.45, 7) is 5.24. The highest BCUT2D eigenvalue weighted by Crippen LogP contribution is 2.17. The van der Waals surface area contributed by atoms with Gasteiger partial charge in [-0.25, -0.2) is 4.98 Å². The second-order valence-electron chi connectivity index (χ2n) is 4.99. The first-order chi connectivity index (χ1) is 9.86. The van der Waals surface area contributed by atoms with Crippen LogP contribution in [0.5, 0.6) is 0 Å². The third-order valence-electron chi connectivity index (χ3n) is 3.15. The van der Waals surface area contributed by atoms with Gasteiger partial charge in [-0.3, -0.25) is 14.2 Å². The number of nitrogens with two attached hydrogens (primary N) is 1. The van der Waals surface area contributed by atoms with Crippen molar-refractivity contribution in [2.45, 2.75) is 27.3 Å². The van der Waals surface area contributed by atoms with E-state index in [9.17, 15) is 9.59 Å². The lowest BCUT2D eigenvalue weighted by molar-refractivity contribution is -0.116. The summed E-state index contributed by atoms with van der Waals surface area (Å²) in [5.74, 6) is 0.239. The summed E-state index contributed by atoms with van der Waals surface area (Å²) in [4.78, 5) is 28.2. The third-order valence-corrected chi connectivity index (χ3v) is 3.15. The van der Waals surface area contributed by atoms with Crippen LogP contribution in [0.25, 0.3) is 0 Å². The molecule has 21 heavy (non-hydrogen) atoms. The molecule has 1 amide bonds. The van der Waals surface area contributed by atoms with E-state index < -0.39 is 0 Å². The van der Waals surface area contributed by atoms with Crippen molar-refractivity contribution in [1.82, 2.24) is 9.55 Å². The summed E-state index contributed by atoms with van der Waals surface area (Å²) in [6.07, 6.45) is 0. The molecule has 6 heteroatoms. The standard InChI is InChI=1S/C15H18N4O2/c1-9-6-12(16)4-5-13(9)18-14(20)8-19-11(3)17-10(2)7-15(19)21/h4-7H,8,16H2,1-3H3,(H,18,20). The molecule has 0 aliphatic carbocycles. The van der Waals surface area contributed by atoms with Gasteiger partial charge >= 0.3 is 0 Å². The lowest BCUT2D eigenvalue weighted by Gasteiger charge is -2.12. The Morgan fingerprint density at radius 2 is 2.00 bits per heavy atom. The SMILES string of the molecule is Cc1cc(=O)n(CC(=O)Nc2ccc(N)cc2C)c(C)n1. The second kappa shape index (κ2) is 5.78. The zero-order chi connectivity index (χ0) is 15.6. The van der Waals surface area contributed by atoms with E-state index in [2.05, 4.69) is 10.3 Å². The van der Waals surface area contributed by atoms with Gasteiger partial charge in [-0.1, -0.05) is 0 Å². The van der Waals surface area contributed by atoms with Crippen LogP contribution in [0.15, 0.2) is 29.1 Å². The van der Waals surface area contributed by atoms with Gasteiger partial charge in [0.25, 0.3) is 5.56 Å². The van der Waals surface area contributed by atoms with Crippen LogP contribution in [0, 0.1) is 20.8 Å².